The number of hydrogen-bond acceptors (Lipinski definition) is 2. The summed E-state index contributed by atoms with van der Waals surface area (Å²) in [5.41, 5.74) is 14.4. The Morgan fingerprint density at radius 2 is 0.786 bits per heavy atom. The third kappa shape index (κ3) is 5.26. The zero-order valence-electron chi connectivity index (χ0n) is 30.3. The van der Waals surface area contributed by atoms with E-state index in [9.17, 15) is 0 Å². The van der Waals surface area contributed by atoms with Gasteiger partial charge >= 0.3 is 0 Å². The quantitative estimate of drug-likeness (QED) is 0.171. The molecule has 11 aromatic rings. The molecule has 4 nitrogen and oxygen atoms in total. The first-order valence-electron chi connectivity index (χ1n) is 18.9. The van der Waals surface area contributed by atoms with Gasteiger partial charge in [-0.15, -0.1) is 0 Å². The van der Waals surface area contributed by atoms with Crippen LogP contribution in [0.3, 0.4) is 0 Å². The van der Waals surface area contributed by atoms with E-state index in [-0.39, 0.29) is 0 Å². The molecule has 56 heavy (non-hydrogen) atoms. The van der Waals surface area contributed by atoms with Crippen molar-refractivity contribution in [1.29, 1.82) is 0 Å². The van der Waals surface area contributed by atoms with Gasteiger partial charge in [-0.1, -0.05) is 158 Å². The van der Waals surface area contributed by atoms with E-state index in [2.05, 4.69) is 185 Å². The van der Waals surface area contributed by atoms with Gasteiger partial charge in [0.05, 0.1) is 22.1 Å². The van der Waals surface area contributed by atoms with Gasteiger partial charge < -0.3 is 9.13 Å². The maximum Gasteiger partial charge on any atom is 0.161 e. The molecule has 0 radical (unpaired) electrons. The van der Waals surface area contributed by atoms with E-state index < -0.39 is 0 Å². The molecule has 0 spiro atoms. The molecule has 262 valence electrons. The predicted octanol–water partition coefficient (Wildman–Crippen LogP) is 13.9. The summed E-state index contributed by atoms with van der Waals surface area (Å²) in [7, 11) is 0.959. The number of hydrogen-bond donors (Lipinski definition) is 0. The number of rotatable bonds is 6. The van der Waals surface area contributed by atoms with Gasteiger partial charge in [0.25, 0.3) is 0 Å². The number of benzene rings is 8. The second-order valence-electron chi connectivity index (χ2n) is 14.0. The second kappa shape index (κ2) is 13.3. The maximum absolute atomic E-state index is 5.24. The lowest BCUT2D eigenvalue weighted by molar-refractivity contribution is 1.16. The lowest BCUT2D eigenvalue weighted by Gasteiger charge is -2.16. The molecule has 0 amide bonds. The Bertz CT molecular complexity index is 3170. The van der Waals surface area contributed by atoms with Crippen LogP contribution in [-0.4, -0.2) is 19.1 Å². The van der Waals surface area contributed by atoms with E-state index in [1.165, 1.54) is 49.2 Å². The van der Waals surface area contributed by atoms with Crippen molar-refractivity contribution in [1.82, 2.24) is 19.1 Å². The Morgan fingerprint density at radius 1 is 0.339 bits per heavy atom. The van der Waals surface area contributed by atoms with E-state index in [1.807, 2.05) is 24.3 Å². The van der Waals surface area contributed by atoms with E-state index >= 15 is 0 Å². The topological polar surface area (TPSA) is 35.6 Å². The smallest absolute Gasteiger partial charge is 0.161 e. The minimum atomic E-state index is 0.725. The van der Waals surface area contributed by atoms with Crippen LogP contribution >= 0.6 is 8.19 Å². The van der Waals surface area contributed by atoms with Crippen molar-refractivity contribution in [3.8, 4) is 55.9 Å². The fourth-order valence-corrected chi connectivity index (χ4v) is 9.32. The minimum Gasteiger partial charge on any atom is -0.309 e. The van der Waals surface area contributed by atoms with Crippen LogP contribution in [0.1, 0.15) is 0 Å². The van der Waals surface area contributed by atoms with Crippen molar-refractivity contribution < 1.29 is 0 Å². The molecule has 0 saturated heterocycles. The van der Waals surface area contributed by atoms with Crippen molar-refractivity contribution in [2.24, 2.45) is 0 Å². The molecule has 3 aromatic heterocycles. The van der Waals surface area contributed by atoms with Crippen LogP contribution in [0.15, 0.2) is 200 Å². The van der Waals surface area contributed by atoms with Gasteiger partial charge in [-0.25, -0.2) is 9.97 Å². The summed E-state index contributed by atoms with van der Waals surface area (Å²) >= 11 is 0. The number of para-hydroxylation sites is 3. The van der Waals surface area contributed by atoms with Crippen LogP contribution in [0.4, 0.5) is 0 Å². The number of nitrogens with zero attached hydrogens (tertiary/aromatic N) is 4. The largest absolute Gasteiger partial charge is 0.309 e. The lowest BCUT2D eigenvalue weighted by Crippen LogP contribution is -2.00. The number of fused-ring (bicyclic) bond motifs is 6. The molecular weight excluding hydrogens is 700 g/mol. The van der Waals surface area contributed by atoms with Gasteiger partial charge in [-0.2, -0.15) is 0 Å². The van der Waals surface area contributed by atoms with Gasteiger partial charge in [0, 0.05) is 55.2 Å². The van der Waals surface area contributed by atoms with Crippen LogP contribution in [0.25, 0.3) is 99.5 Å². The molecule has 5 heteroatoms. The Balaban J connectivity index is 1.24. The molecular formula is C51H33N4P. The summed E-state index contributed by atoms with van der Waals surface area (Å²) in [5.74, 6) is 0.725. The average Bonchev–Trinajstić information content (AvgIpc) is 3.79. The Morgan fingerprint density at radius 3 is 1.39 bits per heavy atom. The van der Waals surface area contributed by atoms with Crippen molar-refractivity contribution in [3.05, 3.63) is 200 Å². The van der Waals surface area contributed by atoms with Gasteiger partial charge in [0.2, 0.25) is 0 Å². The lowest BCUT2D eigenvalue weighted by atomic mass is 9.97. The standard InChI is InChI=1S/C51H33N4P/c1-5-18-34(19-6-1)46-47-42(40-28-13-15-30-44(40)54(47)38-25-11-4-12-26-38)33-43-41-29-14-16-31-45(41)55(48(43)46)39-27-17-24-37(32-39)51-53-49(35-20-7-2-8-21-35)52-50(56-51)36-22-9-3-10-23-36/h1-33H. The Labute approximate surface area is 325 Å². The second-order valence-corrected chi connectivity index (χ2v) is 15.1. The summed E-state index contributed by atoms with van der Waals surface area (Å²) < 4.78 is 4.92. The summed E-state index contributed by atoms with van der Waals surface area (Å²) in [6.07, 6.45) is 0. The summed E-state index contributed by atoms with van der Waals surface area (Å²) in [6.45, 7) is 0. The first kappa shape index (κ1) is 32.3. The number of aromatic nitrogens is 4. The van der Waals surface area contributed by atoms with Gasteiger partial charge in [-0.3, -0.25) is 0 Å². The molecule has 0 saturated carbocycles. The van der Waals surface area contributed by atoms with Crippen LogP contribution < -0.4 is 0 Å². The fraction of sp³-hybridized carbons (Fsp3) is 0. The van der Waals surface area contributed by atoms with E-state index in [0.717, 1.165) is 58.5 Å². The maximum atomic E-state index is 5.24. The van der Waals surface area contributed by atoms with Crippen molar-refractivity contribution >= 4 is 51.8 Å². The zero-order valence-corrected chi connectivity index (χ0v) is 31.2. The van der Waals surface area contributed by atoms with E-state index in [4.69, 9.17) is 9.97 Å². The van der Waals surface area contributed by atoms with E-state index in [1.54, 1.807) is 0 Å². The third-order valence-corrected chi connectivity index (χ3v) is 11.9. The van der Waals surface area contributed by atoms with E-state index in [0.29, 0.717) is 0 Å². The van der Waals surface area contributed by atoms with Crippen LogP contribution in [-0.2, 0) is 0 Å². The summed E-state index contributed by atoms with van der Waals surface area (Å²) in [6, 6.07) is 71.3. The van der Waals surface area contributed by atoms with Crippen LogP contribution in [0.2, 0.25) is 0 Å². The molecule has 0 bridgehead atoms. The van der Waals surface area contributed by atoms with Crippen molar-refractivity contribution in [3.63, 3.8) is 0 Å². The minimum absolute atomic E-state index is 0.725. The summed E-state index contributed by atoms with van der Waals surface area (Å²) in [5, 5.41) is 4.91. The van der Waals surface area contributed by atoms with Gasteiger partial charge in [0.15, 0.2) is 5.82 Å². The third-order valence-electron chi connectivity index (χ3n) is 10.7. The molecule has 0 aliphatic rings. The Hall–Kier alpha value is -7.13. The molecule has 3 heterocycles. The SMILES string of the molecule is c1ccc(-c2nc(-c3ccccc3)pc(-c3cccc(-n4c5ccccc5c5cc6c7ccccc7n(-c7ccccc7)c6c(-c6ccccc6)c54)c3)n2)cc1. The first-order valence-corrected chi connectivity index (χ1v) is 19.8. The summed E-state index contributed by atoms with van der Waals surface area (Å²) in [4.78, 5) is 10.3. The predicted molar refractivity (Wildman–Crippen MR) is 235 cm³/mol. The normalized spacial score (nSPS) is 11.7. The molecule has 8 aromatic carbocycles. The first-order chi connectivity index (χ1) is 27.8. The highest BCUT2D eigenvalue weighted by Crippen LogP contribution is 2.47. The fourth-order valence-electron chi connectivity index (χ4n) is 8.28. The Kier molecular flexibility index (Phi) is 7.68. The molecule has 0 N–H and O–H groups in total. The molecule has 0 unspecified atom stereocenters. The monoisotopic (exact) mass is 732 g/mol. The molecule has 0 aliphatic heterocycles. The molecule has 0 atom stereocenters. The van der Waals surface area contributed by atoms with Crippen molar-refractivity contribution in [2.75, 3.05) is 0 Å². The van der Waals surface area contributed by atoms with Crippen molar-refractivity contribution in [2.45, 2.75) is 0 Å². The zero-order chi connectivity index (χ0) is 37.0. The van der Waals surface area contributed by atoms with Gasteiger partial charge in [-0.05, 0) is 56.2 Å². The van der Waals surface area contributed by atoms with Gasteiger partial charge in [0.1, 0.15) is 10.9 Å². The molecule has 0 fully saturated rings. The highest BCUT2D eigenvalue weighted by Gasteiger charge is 2.24. The average molecular weight is 733 g/mol. The highest BCUT2D eigenvalue weighted by atomic mass is 31.0. The van der Waals surface area contributed by atoms with Crippen LogP contribution in [0, 0.1) is 0 Å². The highest BCUT2D eigenvalue weighted by molar-refractivity contribution is 7.37. The van der Waals surface area contributed by atoms with Crippen LogP contribution in [0.5, 0.6) is 0 Å². The molecule has 11 rings (SSSR count). The molecule has 0 aliphatic carbocycles.